The summed E-state index contributed by atoms with van der Waals surface area (Å²) in [5.41, 5.74) is 1.88. The Morgan fingerprint density at radius 3 is 1.91 bits per heavy atom. The van der Waals surface area contributed by atoms with Crippen LogP contribution in [-0.4, -0.2) is 13.9 Å². The molecule has 0 aliphatic rings. The number of halogens is 2. The molecule has 0 atom stereocenters. The molecular weight excluding hydrogens is 630 g/mol. The van der Waals surface area contributed by atoms with E-state index in [9.17, 15) is 0 Å². The number of fused-ring (bicyclic) bond motifs is 3. The normalized spacial score (nSPS) is 8.47. The van der Waals surface area contributed by atoms with Crippen LogP contribution < -0.4 is 24.8 Å². The minimum atomic E-state index is -0.306. The Labute approximate surface area is 225 Å². The molecule has 0 saturated heterocycles. The summed E-state index contributed by atoms with van der Waals surface area (Å²) in [6.45, 7) is 13.4. The first-order valence-corrected chi connectivity index (χ1v) is 20.5. The second kappa shape index (κ2) is 21.1. The topological polar surface area (TPSA) is 0 Å². The quantitative estimate of drug-likeness (QED) is 0.215. The summed E-state index contributed by atoms with van der Waals surface area (Å²) in [5.74, 6) is 0. The van der Waals surface area contributed by atoms with E-state index < -0.39 is 0 Å². The van der Waals surface area contributed by atoms with E-state index in [2.05, 4.69) is 114 Å². The smallest absolute Gasteiger partial charge is 0.0370 e. The first-order chi connectivity index (χ1) is 12.4. The zero-order valence-corrected chi connectivity index (χ0v) is 27.6. The van der Waals surface area contributed by atoms with Crippen LogP contribution in [-0.2, 0) is 26.6 Å². The standard InChI is InChI=1S/C13H9.C10H15.4CH3.2ClH.Hf.2Si/c1-2-6-12-10(4-1)8-9-11-5-3-7-13(11)12;1-10(2,3)8-9-6-4-5-7-9;;;;;;;;;/h1-9H;4-7H,8H2,1-3H3;4*1H3;2*1H;;;/q6*-1;;;;;/p-2. The molecular formula is C27H36Cl2HfSi2-8. The zero-order chi connectivity index (χ0) is 19.0. The summed E-state index contributed by atoms with van der Waals surface area (Å²) in [6, 6.07) is 27.9. The predicted octanol–water partition coefficient (Wildman–Crippen LogP) is 1.75. The number of hydrogen-bond donors (Lipinski definition) is 0. The monoisotopic (exact) mass is 666 g/mol. The molecule has 0 N–H and O–H groups in total. The summed E-state index contributed by atoms with van der Waals surface area (Å²) < 4.78 is 0. The third-order valence-electron chi connectivity index (χ3n) is 4.01. The molecule has 5 heteroatoms. The van der Waals surface area contributed by atoms with Crippen LogP contribution in [0.2, 0.25) is 0 Å². The Bertz CT molecular complexity index is 978. The molecule has 0 bridgehead atoms. The molecule has 0 aliphatic heterocycles. The van der Waals surface area contributed by atoms with Crippen molar-refractivity contribution in [3.05, 3.63) is 114 Å². The molecule has 0 amide bonds. The van der Waals surface area contributed by atoms with Crippen molar-refractivity contribution in [1.29, 1.82) is 0 Å². The molecule has 4 radical (unpaired) electrons. The van der Waals surface area contributed by atoms with Crippen LogP contribution in [0.5, 0.6) is 0 Å². The Morgan fingerprint density at radius 1 is 0.781 bits per heavy atom. The number of rotatable bonds is 1. The van der Waals surface area contributed by atoms with Crippen LogP contribution in [0.3, 0.4) is 0 Å². The summed E-state index contributed by atoms with van der Waals surface area (Å²) in [6.07, 6.45) is 1.18. The predicted molar refractivity (Wildman–Crippen MR) is 139 cm³/mol. The van der Waals surface area contributed by atoms with Crippen molar-refractivity contribution in [3.63, 3.8) is 0 Å². The summed E-state index contributed by atoms with van der Waals surface area (Å²) in [7, 11) is 0. The first-order valence-electron chi connectivity index (χ1n) is 8.77. The van der Waals surface area contributed by atoms with Gasteiger partial charge in [-0.15, -0.1) is 22.9 Å². The molecule has 0 aliphatic carbocycles. The molecule has 0 spiro atoms. The fraction of sp³-hybridized carbons (Fsp3) is 0.185. The van der Waals surface area contributed by atoms with Gasteiger partial charge in [-0.3, -0.25) is 0 Å². The fourth-order valence-electron chi connectivity index (χ4n) is 3.04. The van der Waals surface area contributed by atoms with Gasteiger partial charge in [-0.2, -0.15) is 35.9 Å². The van der Waals surface area contributed by atoms with Gasteiger partial charge in [0.2, 0.25) is 0 Å². The average Bonchev–Trinajstić information content (AvgIpc) is 3.26. The van der Waals surface area contributed by atoms with E-state index in [0.29, 0.717) is 5.41 Å². The maximum Gasteiger partial charge on any atom is -0.0370 e. The van der Waals surface area contributed by atoms with Gasteiger partial charge in [0, 0.05) is 0 Å². The molecule has 0 nitrogen and oxygen atoms in total. The van der Waals surface area contributed by atoms with Crippen LogP contribution in [0.1, 0.15) is 26.3 Å². The van der Waals surface area contributed by atoms with Crippen LogP contribution >= 0.6 is 0 Å². The van der Waals surface area contributed by atoms with Crippen LogP contribution in [0, 0.1) is 35.1 Å². The Kier molecular flexibility index (Phi) is 27.5. The van der Waals surface area contributed by atoms with Gasteiger partial charge in [0.1, 0.15) is 0 Å². The van der Waals surface area contributed by atoms with E-state index in [1.807, 2.05) is 0 Å². The Hall–Kier alpha value is -0.456. The molecule has 4 aromatic carbocycles. The van der Waals surface area contributed by atoms with Gasteiger partial charge in [0.15, 0.2) is 0 Å². The molecule has 4 rings (SSSR count). The van der Waals surface area contributed by atoms with Crippen molar-refractivity contribution in [3.8, 4) is 0 Å². The first kappa shape index (κ1) is 41.8. The van der Waals surface area contributed by atoms with Crippen molar-refractivity contribution in [2.75, 3.05) is 0 Å². The van der Waals surface area contributed by atoms with Gasteiger partial charge in [-0.05, 0) is 10.8 Å². The minimum absolute atomic E-state index is 0. The summed E-state index contributed by atoms with van der Waals surface area (Å²) >= 11 is -0.306. The molecule has 0 fully saturated rings. The summed E-state index contributed by atoms with van der Waals surface area (Å²) in [5, 5.41) is 5.36. The molecule has 0 heterocycles. The maximum atomic E-state index is 3.29. The van der Waals surface area contributed by atoms with Crippen LogP contribution in [0.15, 0.2) is 78.9 Å². The molecule has 0 unspecified atom stereocenters. The number of benzene rings is 2. The van der Waals surface area contributed by atoms with Gasteiger partial charge < -0.3 is 54.5 Å². The maximum absolute atomic E-state index is 3.29. The van der Waals surface area contributed by atoms with E-state index >= 15 is 0 Å². The van der Waals surface area contributed by atoms with Gasteiger partial charge in [-0.1, -0.05) is 62.9 Å². The van der Waals surface area contributed by atoms with Crippen molar-refractivity contribution >= 4 is 35.4 Å². The SMILES string of the molecule is CC(C)(C)Cc1cc[cH-]c1.[CH3-].[CH3-].[CH3-].[CH3-].[Cl-].[Cl-].[Si]=[Hf]=[Si].c1ccc2c(c1)ccc1[cH-]ccc12. The second-order valence-corrected chi connectivity index (χ2v) is 16.6. The second-order valence-electron chi connectivity index (χ2n) is 7.47. The zero-order valence-electron chi connectivity index (χ0n) is 20.5. The van der Waals surface area contributed by atoms with Gasteiger partial charge in [0.05, 0.1) is 0 Å². The van der Waals surface area contributed by atoms with Gasteiger partial charge >= 0.3 is 34.0 Å². The Morgan fingerprint density at radius 2 is 1.38 bits per heavy atom. The number of hydrogen-bond acceptors (Lipinski definition) is 0. The van der Waals surface area contributed by atoms with E-state index in [0.717, 1.165) is 0 Å². The van der Waals surface area contributed by atoms with Crippen molar-refractivity contribution in [1.82, 2.24) is 0 Å². The average molecular weight is 666 g/mol. The van der Waals surface area contributed by atoms with Crippen LogP contribution in [0.25, 0.3) is 21.5 Å². The van der Waals surface area contributed by atoms with Crippen LogP contribution in [0.4, 0.5) is 0 Å². The third kappa shape index (κ3) is 13.9. The molecule has 0 aromatic heterocycles. The molecule has 178 valence electrons. The van der Waals surface area contributed by atoms with E-state index in [1.165, 1.54) is 33.5 Å². The molecule has 32 heavy (non-hydrogen) atoms. The fourth-order valence-corrected chi connectivity index (χ4v) is 3.04. The largest absolute Gasteiger partial charge is 0.168 e. The third-order valence-corrected chi connectivity index (χ3v) is 4.01. The van der Waals surface area contributed by atoms with E-state index in [1.54, 1.807) is 0 Å². The minimum Gasteiger partial charge on any atom is -0.168 e. The summed E-state index contributed by atoms with van der Waals surface area (Å²) in [4.78, 5) is 0. The van der Waals surface area contributed by atoms with Crippen molar-refractivity contribution in [2.24, 2.45) is 5.41 Å². The van der Waals surface area contributed by atoms with Crippen molar-refractivity contribution < 1.29 is 45.0 Å². The molecule has 4 aromatic rings. The molecule has 0 saturated carbocycles. The van der Waals surface area contributed by atoms with Gasteiger partial charge in [-0.25, -0.2) is 6.07 Å². The van der Waals surface area contributed by atoms with Crippen molar-refractivity contribution in [2.45, 2.75) is 27.2 Å². The van der Waals surface area contributed by atoms with Gasteiger partial charge in [0.25, 0.3) is 0 Å². The van der Waals surface area contributed by atoms with E-state index in [-0.39, 0.29) is 74.7 Å². The Balaban J connectivity index is -0.000000118. The van der Waals surface area contributed by atoms with E-state index in [4.69, 9.17) is 0 Å².